The van der Waals surface area contributed by atoms with Crippen LogP contribution in [0.3, 0.4) is 0 Å². The van der Waals surface area contributed by atoms with Gasteiger partial charge in [-0.1, -0.05) is 30.7 Å². The smallest absolute Gasteiger partial charge is 0.326 e. The highest BCUT2D eigenvalue weighted by Gasteiger charge is 2.47. The minimum absolute atomic E-state index is 0.0602. The minimum atomic E-state index is -0.951. The van der Waals surface area contributed by atoms with E-state index >= 15 is 0 Å². The second kappa shape index (κ2) is 6.36. The number of nitrogens with one attached hydrogen (secondary N) is 1. The van der Waals surface area contributed by atoms with Crippen LogP contribution in [0.15, 0.2) is 24.3 Å². The highest BCUT2D eigenvalue weighted by atomic mass is 35.5. The first-order valence-electron chi connectivity index (χ1n) is 6.90. The van der Waals surface area contributed by atoms with E-state index in [9.17, 15) is 14.4 Å². The molecule has 0 radical (unpaired) electrons. The molecular formula is C15H17ClN2O4. The molecule has 1 aromatic carbocycles. The number of rotatable bonds is 5. The number of amides is 3. The number of ether oxygens (including phenoxy) is 1. The number of hydrogen-bond donors (Lipinski definition) is 1. The zero-order valence-electron chi connectivity index (χ0n) is 12.4. The fraction of sp³-hybridized carbons (Fsp3) is 0.400. The monoisotopic (exact) mass is 324 g/mol. The number of carbonyl (C=O) groups is 3. The molecule has 0 aromatic heterocycles. The van der Waals surface area contributed by atoms with Gasteiger partial charge in [-0.25, -0.2) is 4.79 Å². The van der Waals surface area contributed by atoms with Crippen LogP contribution in [0.5, 0.6) is 0 Å². The summed E-state index contributed by atoms with van der Waals surface area (Å²) in [5.41, 5.74) is -0.179. The molecule has 1 heterocycles. The number of esters is 1. The number of nitrogens with zero attached hydrogens (tertiary/aromatic N) is 1. The van der Waals surface area contributed by atoms with Crippen molar-refractivity contribution in [3.05, 3.63) is 34.9 Å². The molecule has 1 aromatic rings. The Labute approximate surface area is 133 Å². The topological polar surface area (TPSA) is 75.7 Å². The van der Waals surface area contributed by atoms with Crippen LogP contribution in [0.4, 0.5) is 4.79 Å². The Bertz CT molecular complexity index is 602. The van der Waals surface area contributed by atoms with E-state index in [2.05, 4.69) is 5.32 Å². The second-order valence-corrected chi connectivity index (χ2v) is 5.73. The Morgan fingerprint density at radius 3 is 2.50 bits per heavy atom. The van der Waals surface area contributed by atoms with Crippen LogP contribution in [0.1, 0.15) is 25.8 Å². The lowest BCUT2D eigenvalue weighted by atomic mass is 9.99. The van der Waals surface area contributed by atoms with E-state index in [1.54, 1.807) is 38.1 Å². The maximum Gasteiger partial charge on any atom is 0.326 e. The van der Waals surface area contributed by atoms with Gasteiger partial charge < -0.3 is 10.1 Å². The van der Waals surface area contributed by atoms with Crippen molar-refractivity contribution in [3.8, 4) is 0 Å². The molecule has 3 amide bonds. The first-order chi connectivity index (χ1) is 10.4. The molecule has 22 heavy (non-hydrogen) atoms. The molecule has 6 nitrogen and oxygen atoms in total. The highest BCUT2D eigenvalue weighted by molar-refractivity contribution is 6.30. The summed E-state index contributed by atoms with van der Waals surface area (Å²) in [7, 11) is 0. The molecule has 118 valence electrons. The van der Waals surface area contributed by atoms with Crippen molar-refractivity contribution < 1.29 is 19.1 Å². The van der Waals surface area contributed by atoms with Gasteiger partial charge in [-0.2, -0.15) is 0 Å². The summed E-state index contributed by atoms with van der Waals surface area (Å²) >= 11 is 5.76. The van der Waals surface area contributed by atoms with E-state index in [1.807, 2.05) is 0 Å². The van der Waals surface area contributed by atoms with Crippen molar-refractivity contribution in [2.75, 3.05) is 6.54 Å². The number of imide groups is 1. The fourth-order valence-electron chi connectivity index (χ4n) is 2.05. The quantitative estimate of drug-likeness (QED) is 0.665. The van der Waals surface area contributed by atoms with Crippen molar-refractivity contribution in [2.24, 2.45) is 0 Å². The largest absolute Gasteiger partial charge is 0.459 e. The van der Waals surface area contributed by atoms with Crippen LogP contribution in [-0.2, 0) is 20.9 Å². The summed E-state index contributed by atoms with van der Waals surface area (Å²) in [6, 6.07) is 6.27. The molecule has 1 aliphatic rings. The van der Waals surface area contributed by atoms with E-state index in [-0.39, 0.29) is 6.61 Å². The van der Waals surface area contributed by atoms with E-state index in [0.717, 1.165) is 10.5 Å². The Morgan fingerprint density at radius 1 is 1.32 bits per heavy atom. The van der Waals surface area contributed by atoms with Gasteiger partial charge in [0.05, 0.1) is 0 Å². The van der Waals surface area contributed by atoms with Gasteiger partial charge in [0, 0.05) is 5.02 Å². The van der Waals surface area contributed by atoms with Crippen LogP contribution in [0, 0.1) is 0 Å². The van der Waals surface area contributed by atoms with Crippen molar-refractivity contribution in [2.45, 2.75) is 32.4 Å². The third-order valence-corrected chi connectivity index (χ3v) is 3.90. The van der Waals surface area contributed by atoms with Crippen molar-refractivity contribution in [3.63, 3.8) is 0 Å². The Morgan fingerprint density at radius 2 is 1.95 bits per heavy atom. The van der Waals surface area contributed by atoms with Crippen LogP contribution in [0.2, 0.25) is 5.02 Å². The number of halogens is 1. The lowest BCUT2D eigenvalue weighted by Gasteiger charge is -2.18. The summed E-state index contributed by atoms with van der Waals surface area (Å²) in [4.78, 5) is 36.6. The van der Waals surface area contributed by atoms with Gasteiger partial charge in [0.2, 0.25) is 0 Å². The summed E-state index contributed by atoms with van der Waals surface area (Å²) in [5, 5.41) is 3.17. The molecule has 1 atom stereocenters. The highest BCUT2D eigenvalue weighted by Crippen LogP contribution is 2.20. The van der Waals surface area contributed by atoms with Crippen molar-refractivity contribution in [1.82, 2.24) is 10.2 Å². The first kappa shape index (κ1) is 16.3. The summed E-state index contributed by atoms with van der Waals surface area (Å²) < 4.78 is 5.07. The molecule has 0 unspecified atom stereocenters. The van der Waals surface area contributed by atoms with Gasteiger partial charge in [-0.15, -0.1) is 0 Å². The lowest BCUT2D eigenvalue weighted by molar-refractivity contribution is -0.148. The molecule has 1 aliphatic heterocycles. The van der Waals surface area contributed by atoms with Crippen molar-refractivity contribution in [1.29, 1.82) is 0 Å². The van der Waals surface area contributed by atoms with E-state index in [1.165, 1.54) is 0 Å². The minimum Gasteiger partial charge on any atom is -0.459 e. The number of urea groups is 1. The molecule has 1 saturated heterocycles. The standard InChI is InChI=1S/C15H17ClN2O4/c1-3-15(2)13(20)18(14(21)17-15)8-12(19)22-9-10-4-6-11(16)7-5-10/h4-7H,3,8-9H2,1-2H3,(H,17,21)/t15-/m0/s1. The van der Waals surface area contributed by atoms with Gasteiger partial charge in [-0.3, -0.25) is 14.5 Å². The zero-order chi connectivity index (χ0) is 16.3. The van der Waals surface area contributed by atoms with E-state index in [4.69, 9.17) is 16.3 Å². The van der Waals surface area contributed by atoms with E-state index in [0.29, 0.717) is 11.4 Å². The van der Waals surface area contributed by atoms with Gasteiger partial charge in [0.25, 0.3) is 5.91 Å². The normalized spacial score (nSPS) is 21.0. The molecule has 0 saturated carbocycles. The van der Waals surface area contributed by atoms with Crippen LogP contribution in [-0.4, -0.2) is 34.9 Å². The van der Waals surface area contributed by atoms with Crippen LogP contribution >= 0.6 is 11.6 Å². The van der Waals surface area contributed by atoms with E-state index < -0.39 is 30.0 Å². The van der Waals surface area contributed by atoms with Crippen LogP contribution in [0.25, 0.3) is 0 Å². The predicted molar refractivity (Wildman–Crippen MR) is 80.2 cm³/mol. The van der Waals surface area contributed by atoms with Gasteiger partial charge in [0.15, 0.2) is 0 Å². The third-order valence-electron chi connectivity index (χ3n) is 3.65. The fourth-order valence-corrected chi connectivity index (χ4v) is 2.18. The Balaban J connectivity index is 1.91. The molecule has 1 N–H and O–H groups in total. The molecule has 0 aliphatic carbocycles. The Kier molecular flexibility index (Phi) is 4.71. The molecule has 0 spiro atoms. The van der Waals surface area contributed by atoms with Crippen LogP contribution < -0.4 is 5.32 Å². The zero-order valence-corrected chi connectivity index (χ0v) is 13.1. The molecular weight excluding hydrogens is 308 g/mol. The van der Waals surface area contributed by atoms with Gasteiger partial charge >= 0.3 is 12.0 Å². The Hall–Kier alpha value is -2.08. The number of benzene rings is 1. The van der Waals surface area contributed by atoms with Gasteiger partial charge in [-0.05, 0) is 31.0 Å². The maximum absolute atomic E-state index is 12.1. The molecule has 2 rings (SSSR count). The predicted octanol–water partition coefficient (Wildman–Crippen LogP) is 2.10. The number of hydrogen-bond acceptors (Lipinski definition) is 4. The summed E-state index contributed by atoms with van der Waals surface area (Å²) in [6.07, 6.45) is 0.452. The molecule has 1 fully saturated rings. The lowest BCUT2D eigenvalue weighted by Crippen LogP contribution is -2.43. The maximum atomic E-state index is 12.1. The molecule has 7 heteroatoms. The average molecular weight is 325 g/mol. The number of carbonyl (C=O) groups excluding carboxylic acids is 3. The van der Waals surface area contributed by atoms with Crippen molar-refractivity contribution >= 4 is 29.5 Å². The third kappa shape index (κ3) is 3.39. The summed E-state index contributed by atoms with van der Waals surface area (Å²) in [6.45, 7) is 3.09. The SMILES string of the molecule is CC[C@]1(C)NC(=O)N(CC(=O)OCc2ccc(Cl)cc2)C1=O. The second-order valence-electron chi connectivity index (χ2n) is 5.29. The summed E-state index contributed by atoms with van der Waals surface area (Å²) in [5.74, 6) is -1.05. The first-order valence-corrected chi connectivity index (χ1v) is 7.27. The molecule has 0 bridgehead atoms. The average Bonchev–Trinajstić information content (AvgIpc) is 2.71. The van der Waals surface area contributed by atoms with Gasteiger partial charge in [0.1, 0.15) is 18.7 Å².